The van der Waals surface area contributed by atoms with E-state index in [1.54, 1.807) is 23.3 Å². The molecule has 12 nitrogen and oxygen atoms in total. The monoisotopic (exact) mass is 487 g/mol. The summed E-state index contributed by atoms with van der Waals surface area (Å²) in [6.45, 7) is 3.72. The van der Waals surface area contributed by atoms with Gasteiger partial charge < -0.3 is 5.32 Å². The first-order valence-electron chi connectivity index (χ1n) is 10.9. The van der Waals surface area contributed by atoms with E-state index in [0.29, 0.717) is 25.1 Å². The molecule has 1 aliphatic rings. The Morgan fingerprint density at radius 2 is 1.79 bits per heavy atom. The Hall–Kier alpha value is -3.58. The number of piperidine rings is 1. The molecule has 0 aliphatic carbocycles. The smallest absolute Gasteiger partial charge is 0.269 e. The van der Waals surface area contributed by atoms with E-state index in [2.05, 4.69) is 15.5 Å². The van der Waals surface area contributed by atoms with Gasteiger partial charge in [0.05, 0.1) is 34.4 Å². The average molecular weight is 488 g/mol. The van der Waals surface area contributed by atoms with Crippen LogP contribution >= 0.6 is 0 Å². The summed E-state index contributed by atoms with van der Waals surface area (Å²) in [5.41, 5.74) is 1.41. The summed E-state index contributed by atoms with van der Waals surface area (Å²) in [4.78, 5) is 22.9. The van der Waals surface area contributed by atoms with E-state index in [4.69, 9.17) is 0 Å². The number of non-ortho nitro benzene ring substituents is 1. The number of benzene rings is 1. The quantitative estimate of drug-likeness (QED) is 0.378. The lowest BCUT2D eigenvalue weighted by Gasteiger charge is -2.30. The Morgan fingerprint density at radius 3 is 2.41 bits per heavy atom. The van der Waals surface area contributed by atoms with Gasteiger partial charge in [0.25, 0.3) is 5.69 Å². The molecule has 2 aromatic heterocycles. The third-order valence-electron chi connectivity index (χ3n) is 5.77. The minimum atomic E-state index is -3.78. The first-order valence-corrected chi connectivity index (χ1v) is 12.3. The van der Waals surface area contributed by atoms with Crippen LogP contribution in [0, 0.1) is 16.0 Å². The number of amides is 1. The Morgan fingerprint density at radius 1 is 1.12 bits per heavy atom. The van der Waals surface area contributed by atoms with Gasteiger partial charge in [0, 0.05) is 55.6 Å². The number of carbonyl (C=O) groups is 1. The van der Waals surface area contributed by atoms with Gasteiger partial charge in [-0.1, -0.05) is 0 Å². The minimum absolute atomic E-state index is 0.00195. The molecule has 180 valence electrons. The molecule has 0 bridgehead atoms. The van der Waals surface area contributed by atoms with Crippen molar-refractivity contribution in [2.45, 2.75) is 37.8 Å². The van der Waals surface area contributed by atoms with Gasteiger partial charge in [-0.3, -0.25) is 24.3 Å². The zero-order chi connectivity index (χ0) is 24.3. The first-order chi connectivity index (χ1) is 16.3. The van der Waals surface area contributed by atoms with Gasteiger partial charge in [-0.2, -0.15) is 14.5 Å². The maximum absolute atomic E-state index is 12.8. The van der Waals surface area contributed by atoms with Crippen molar-refractivity contribution in [3.05, 3.63) is 64.7 Å². The van der Waals surface area contributed by atoms with Gasteiger partial charge in [0.1, 0.15) is 0 Å². The lowest BCUT2D eigenvalue weighted by atomic mass is 9.97. The van der Waals surface area contributed by atoms with Gasteiger partial charge in [-0.25, -0.2) is 8.42 Å². The van der Waals surface area contributed by atoms with Crippen LogP contribution in [0.15, 0.2) is 53.9 Å². The van der Waals surface area contributed by atoms with E-state index in [1.165, 1.54) is 28.6 Å². The molecule has 1 fully saturated rings. The topological polar surface area (TPSA) is 145 Å². The number of carbonyl (C=O) groups excluding carboxylic acids is 1. The molecule has 1 amide bonds. The van der Waals surface area contributed by atoms with E-state index in [0.717, 1.165) is 12.1 Å². The second kappa shape index (κ2) is 9.73. The fourth-order valence-electron chi connectivity index (χ4n) is 3.85. The predicted octanol–water partition coefficient (Wildman–Crippen LogP) is 2.10. The number of rotatable bonds is 8. The number of hydrogen-bond acceptors (Lipinski definition) is 7. The standard InChI is InChI=1S/C21H25N7O5S/c1-2-25-13-16(11-22-25)14-26-15-18(12-23-26)24-21(29)17-7-9-27(10-8-17)34(32,33)20-5-3-19(4-6-20)28(30)31/h3-6,11-13,15,17H,2,7-10,14H2,1H3,(H,24,29). The predicted molar refractivity (Wildman–Crippen MR) is 122 cm³/mol. The number of nitrogens with one attached hydrogen (secondary N) is 1. The highest BCUT2D eigenvalue weighted by Crippen LogP contribution is 2.26. The van der Waals surface area contributed by atoms with Gasteiger partial charge in [0.15, 0.2) is 0 Å². The second-order valence-electron chi connectivity index (χ2n) is 8.05. The number of aromatic nitrogens is 4. The SMILES string of the molecule is CCn1cc(Cn2cc(NC(=O)C3CCN(S(=O)(=O)c4ccc([N+](=O)[O-])cc4)CC3)cn2)cn1. The van der Waals surface area contributed by atoms with Gasteiger partial charge in [0.2, 0.25) is 15.9 Å². The molecule has 0 atom stereocenters. The van der Waals surface area contributed by atoms with Crippen LogP contribution in [0.5, 0.6) is 0 Å². The van der Waals surface area contributed by atoms with Gasteiger partial charge >= 0.3 is 0 Å². The fraction of sp³-hybridized carbons (Fsp3) is 0.381. The van der Waals surface area contributed by atoms with Crippen LogP contribution in [-0.2, 0) is 27.9 Å². The average Bonchev–Trinajstić information content (AvgIpc) is 3.48. The van der Waals surface area contributed by atoms with E-state index >= 15 is 0 Å². The van der Waals surface area contributed by atoms with Gasteiger partial charge in [-0.15, -0.1) is 0 Å². The molecule has 0 unspecified atom stereocenters. The Kier molecular flexibility index (Phi) is 6.75. The number of nitrogens with zero attached hydrogens (tertiary/aromatic N) is 6. The zero-order valence-electron chi connectivity index (χ0n) is 18.6. The third-order valence-corrected chi connectivity index (χ3v) is 7.68. The molecule has 0 saturated carbocycles. The van der Waals surface area contributed by atoms with Crippen molar-refractivity contribution in [1.82, 2.24) is 23.9 Å². The van der Waals surface area contributed by atoms with Crippen molar-refractivity contribution < 1.29 is 18.1 Å². The van der Waals surface area contributed by atoms with Crippen molar-refractivity contribution in [1.29, 1.82) is 0 Å². The van der Waals surface area contributed by atoms with Crippen LogP contribution in [-0.4, -0.2) is 56.2 Å². The van der Waals surface area contributed by atoms with E-state index in [1.807, 2.05) is 17.8 Å². The van der Waals surface area contributed by atoms with E-state index in [9.17, 15) is 23.3 Å². The third kappa shape index (κ3) is 5.15. The summed E-state index contributed by atoms with van der Waals surface area (Å²) in [5.74, 6) is -0.500. The highest BCUT2D eigenvalue weighted by molar-refractivity contribution is 7.89. The normalized spacial score (nSPS) is 15.3. The molecular weight excluding hydrogens is 462 g/mol. The fourth-order valence-corrected chi connectivity index (χ4v) is 5.32. The molecule has 1 aliphatic heterocycles. The number of nitro groups is 1. The van der Waals surface area contributed by atoms with Crippen molar-refractivity contribution in [2.24, 2.45) is 5.92 Å². The highest BCUT2D eigenvalue weighted by Gasteiger charge is 2.32. The summed E-state index contributed by atoms with van der Waals surface area (Å²) in [7, 11) is -3.78. The summed E-state index contributed by atoms with van der Waals surface area (Å²) in [6.07, 6.45) is 7.80. The summed E-state index contributed by atoms with van der Waals surface area (Å²) < 4.78 is 30.6. The molecule has 1 aromatic carbocycles. The largest absolute Gasteiger partial charge is 0.323 e. The van der Waals surface area contributed by atoms with E-state index < -0.39 is 14.9 Å². The molecule has 1 saturated heterocycles. The summed E-state index contributed by atoms with van der Waals surface area (Å²) >= 11 is 0. The van der Waals surface area contributed by atoms with Crippen molar-refractivity contribution in [2.75, 3.05) is 18.4 Å². The van der Waals surface area contributed by atoms with Crippen molar-refractivity contribution in [3.63, 3.8) is 0 Å². The molecule has 0 radical (unpaired) electrons. The van der Waals surface area contributed by atoms with Crippen molar-refractivity contribution in [3.8, 4) is 0 Å². The van der Waals surface area contributed by atoms with Crippen LogP contribution in [0.2, 0.25) is 0 Å². The van der Waals surface area contributed by atoms with Crippen LogP contribution in [0.3, 0.4) is 0 Å². The second-order valence-corrected chi connectivity index (χ2v) is 9.99. The number of aryl methyl sites for hydroxylation is 1. The van der Waals surface area contributed by atoms with Gasteiger partial charge in [-0.05, 0) is 31.9 Å². The molecule has 3 aromatic rings. The number of hydrogen-bond donors (Lipinski definition) is 1. The molecule has 4 rings (SSSR count). The zero-order valence-corrected chi connectivity index (χ0v) is 19.4. The highest BCUT2D eigenvalue weighted by atomic mass is 32.2. The lowest BCUT2D eigenvalue weighted by Crippen LogP contribution is -2.41. The molecule has 1 N–H and O–H groups in total. The Bertz CT molecular complexity index is 1270. The number of anilines is 1. The first kappa shape index (κ1) is 23.6. The summed E-state index contributed by atoms with van der Waals surface area (Å²) in [6, 6.07) is 4.81. The Balaban J connectivity index is 1.31. The number of nitro benzene ring substituents is 1. The lowest BCUT2D eigenvalue weighted by molar-refractivity contribution is -0.384. The minimum Gasteiger partial charge on any atom is -0.323 e. The molecule has 0 spiro atoms. The Labute approximate surface area is 196 Å². The molecule has 13 heteroatoms. The van der Waals surface area contributed by atoms with Crippen molar-refractivity contribution >= 4 is 27.3 Å². The van der Waals surface area contributed by atoms with Crippen LogP contribution < -0.4 is 5.32 Å². The number of sulfonamides is 1. The summed E-state index contributed by atoms with van der Waals surface area (Å²) in [5, 5.41) is 22.2. The maximum Gasteiger partial charge on any atom is 0.269 e. The van der Waals surface area contributed by atoms with Crippen LogP contribution in [0.25, 0.3) is 0 Å². The van der Waals surface area contributed by atoms with E-state index in [-0.39, 0.29) is 35.5 Å². The molecular formula is C21H25N7O5S. The molecule has 3 heterocycles. The maximum atomic E-state index is 12.8. The van der Waals surface area contributed by atoms with Crippen LogP contribution in [0.1, 0.15) is 25.3 Å². The molecule has 34 heavy (non-hydrogen) atoms. The van der Waals surface area contributed by atoms with Crippen LogP contribution in [0.4, 0.5) is 11.4 Å².